The maximum atomic E-state index is 6.95. The Morgan fingerprint density at radius 2 is 2.57 bits per heavy atom. The minimum absolute atomic E-state index is 0.306. The van der Waals surface area contributed by atoms with Gasteiger partial charge < -0.3 is 4.57 Å². The molecular formula is C4H6N3. The van der Waals surface area contributed by atoms with Crippen molar-refractivity contribution in [3.05, 3.63) is 12.4 Å². The summed E-state index contributed by atoms with van der Waals surface area (Å²) >= 11 is 0. The monoisotopic (exact) mass is 96.1 g/mol. The van der Waals surface area contributed by atoms with E-state index in [-0.39, 0.29) is 0 Å². The van der Waals surface area contributed by atoms with Gasteiger partial charge >= 0.3 is 0 Å². The van der Waals surface area contributed by atoms with Crippen LogP contribution in [0.3, 0.4) is 0 Å². The maximum Gasteiger partial charge on any atom is 0.221 e. The largest absolute Gasteiger partial charge is 0.319 e. The highest BCUT2D eigenvalue weighted by atomic mass is 15.1. The number of nitrogens with zero attached hydrogens (tertiary/aromatic N) is 2. The lowest BCUT2D eigenvalue weighted by Gasteiger charge is -1.85. The number of nitrogens with one attached hydrogen (secondary N) is 1. The standard InChI is InChI=1S/C4H6N3/c1-7-3-2-6-4(7)5/h2-3,5H,1H3. The second-order valence-electron chi connectivity index (χ2n) is 1.36. The van der Waals surface area contributed by atoms with Gasteiger partial charge in [0.05, 0.1) is 0 Å². The third-order valence-corrected chi connectivity index (χ3v) is 0.821. The Labute approximate surface area is 41.8 Å². The van der Waals surface area contributed by atoms with E-state index in [2.05, 4.69) is 4.98 Å². The number of hydrogen-bond acceptors (Lipinski definition) is 1. The van der Waals surface area contributed by atoms with Crippen LogP contribution in [0.5, 0.6) is 0 Å². The van der Waals surface area contributed by atoms with Gasteiger partial charge in [0.15, 0.2) is 0 Å². The minimum atomic E-state index is 0.306. The highest BCUT2D eigenvalue weighted by Gasteiger charge is 1.85. The average molecular weight is 96.1 g/mol. The third kappa shape index (κ3) is 0.559. The van der Waals surface area contributed by atoms with Crippen LogP contribution >= 0.6 is 0 Å². The molecule has 0 aromatic carbocycles. The second kappa shape index (κ2) is 1.26. The van der Waals surface area contributed by atoms with Crippen LogP contribution < -0.4 is 5.73 Å². The lowest BCUT2D eigenvalue weighted by molar-refractivity contribution is 0.904. The second-order valence-corrected chi connectivity index (χ2v) is 1.36. The molecule has 1 radical (unpaired) electrons. The van der Waals surface area contributed by atoms with Gasteiger partial charge in [-0.1, -0.05) is 0 Å². The SMILES string of the molecule is Cn1ccnc1[NH]. The Morgan fingerprint density at radius 1 is 1.86 bits per heavy atom. The molecule has 0 unspecified atom stereocenters. The molecule has 0 aliphatic heterocycles. The summed E-state index contributed by atoms with van der Waals surface area (Å²) in [5, 5.41) is 0. The van der Waals surface area contributed by atoms with Gasteiger partial charge in [-0.25, -0.2) is 4.98 Å². The van der Waals surface area contributed by atoms with Crippen molar-refractivity contribution < 1.29 is 0 Å². The molecule has 0 fully saturated rings. The maximum absolute atomic E-state index is 6.95. The Hall–Kier alpha value is -0.990. The fourth-order valence-electron chi connectivity index (χ4n) is 0.366. The summed E-state index contributed by atoms with van der Waals surface area (Å²) in [7, 11) is 1.79. The number of aromatic nitrogens is 2. The smallest absolute Gasteiger partial charge is 0.221 e. The van der Waals surface area contributed by atoms with Crippen molar-refractivity contribution in [3.8, 4) is 0 Å². The van der Waals surface area contributed by atoms with Crippen molar-refractivity contribution in [3.63, 3.8) is 0 Å². The molecule has 1 rings (SSSR count). The first-order chi connectivity index (χ1) is 3.30. The van der Waals surface area contributed by atoms with Crippen LogP contribution in [0, 0.1) is 0 Å². The normalized spacial score (nSPS) is 9.29. The summed E-state index contributed by atoms with van der Waals surface area (Å²) in [6, 6.07) is 0. The van der Waals surface area contributed by atoms with E-state index in [1.165, 1.54) is 0 Å². The topological polar surface area (TPSA) is 41.6 Å². The third-order valence-electron chi connectivity index (χ3n) is 0.821. The van der Waals surface area contributed by atoms with E-state index in [1.54, 1.807) is 24.0 Å². The number of imidazole rings is 1. The molecule has 0 aliphatic carbocycles. The van der Waals surface area contributed by atoms with Crippen LogP contribution in [0.15, 0.2) is 12.4 Å². The molecule has 0 saturated carbocycles. The molecular weight excluding hydrogens is 90.1 g/mol. The van der Waals surface area contributed by atoms with Gasteiger partial charge in [0.2, 0.25) is 5.95 Å². The van der Waals surface area contributed by atoms with Crippen molar-refractivity contribution in [2.45, 2.75) is 0 Å². The summed E-state index contributed by atoms with van der Waals surface area (Å²) in [5.41, 5.74) is 6.95. The van der Waals surface area contributed by atoms with Gasteiger partial charge in [-0.2, -0.15) is 0 Å². The first-order valence-corrected chi connectivity index (χ1v) is 1.99. The number of rotatable bonds is 0. The average Bonchev–Trinajstić information content (AvgIpc) is 1.91. The van der Waals surface area contributed by atoms with Crippen molar-refractivity contribution in [2.75, 3.05) is 0 Å². The Morgan fingerprint density at radius 3 is 2.71 bits per heavy atom. The molecule has 0 saturated heterocycles. The molecule has 0 atom stereocenters. The van der Waals surface area contributed by atoms with E-state index < -0.39 is 0 Å². The van der Waals surface area contributed by atoms with E-state index in [0.717, 1.165) is 0 Å². The Bertz CT molecular complexity index is 139. The predicted molar refractivity (Wildman–Crippen MR) is 26.0 cm³/mol. The van der Waals surface area contributed by atoms with E-state index in [0.29, 0.717) is 5.95 Å². The van der Waals surface area contributed by atoms with Crippen molar-refractivity contribution in [1.82, 2.24) is 15.3 Å². The van der Waals surface area contributed by atoms with Crippen LogP contribution in [0.25, 0.3) is 0 Å². The molecule has 1 heterocycles. The molecule has 1 aromatic heterocycles. The van der Waals surface area contributed by atoms with Gasteiger partial charge in [0.1, 0.15) is 0 Å². The molecule has 0 bridgehead atoms. The summed E-state index contributed by atoms with van der Waals surface area (Å²) in [4.78, 5) is 3.65. The summed E-state index contributed by atoms with van der Waals surface area (Å²) < 4.78 is 1.64. The predicted octanol–water partition coefficient (Wildman–Crippen LogP) is 0.334. The van der Waals surface area contributed by atoms with Crippen LogP contribution in [0.4, 0.5) is 5.95 Å². The molecule has 0 amide bonds. The van der Waals surface area contributed by atoms with Crippen LogP contribution in [0.1, 0.15) is 0 Å². The molecule has 37 valence electrons. The lowest BCUT2D eigenvalue weighted by atomic mass is 10.9. The quantitative estimate of drug-likeness (QED) is 0.459. The molecule has 0 aliphatic rings. The Kier molecular flexibility index (Phi) is 0.749. The van der Waals surface area contributed by atoms with E-state index >= 15 is 0 Å². The van der Waals surface area contributed by atoms with Crippen molar-refractivity contribution in [1.29, 1.82) is 0 Å². The summed E-state index contributed by atoms with van der Waals surface area (Å²) in [6.07, 6.45) is 3.34. The zero-order valence-corrected chi connectivity index (χ0v) is 4.05. The van der Waals surface area contributed by atoms with Crippen LogP contribution in [0.2, 0.25) is 0 Å². The fourth-order valence-corrected chi connectivity index (χ4v) is 0.366. The number of aryl methyl sites for hydroxylation is 1. The molecule has 1 aromatic rings. The molecule has 3 heteroatoms. The molecule has 0 spiro atoms. The zero-order valence-electron chi connectivity index (χ0n) is 4.05. The van der Waals surface area contributed by atoms with Crippen molar-refractivity contribution in [2.24, 2.45) is 7.05 Å². The zero-order chi connectivity index (χ0) is 5.28. The van der Waals surface area contributed by atoms with E-state index in [9.17, 15) is 0 Å². The van der Waals surface area contributed by atoms with Crippen LogP contribution in [-0.4, -0.2) is 9.55 Å². The highest BCUT2D eigenvalue weighted by Crippen LogP contribution is 1.93. The van der Waals surface area contributed by atoms with Gasteiger partial charge in [-0.05, 0) is 0 Å². The Balaban J connectivity index is 3.12. The lowest BCUT2D eigenvalue weighted by Crippen LogP contribution is -1.84. The van der Waals surface area contributed by atoms with E-state index in [4.69, 9.17) is 5.73 Å². The first kappa shape index (κ1) is 4.18. The fraction of sp³-hybridized carbons (Fsp3) is 0.250. The van der Waals surface area contributed by atoms with Gasteiger partial charge in [0.25, 0.3) is 0 Å². The van der Waals surface area contributed by atoms with Gasteiger partial charge in [-0.3, -0.25) is 5.73 Å². The minimum Gasteiger partial charge on any atom is -0.319 e. The first-order valence-electron chi connectivity index (χ1n) is 1.99. The van der Waals surface area contributed by atoms with E-state index in [1.807, 2.05) is 0 Å². The van der Waals surface area contributed by atoms with Gasteiger partial charge in [-0.15, -0.1) is 0 Å². The molecule has 1 N–H and O–H groups in total. The summed E-state index contributed by atoms with van der Waals surface area (Å²) in [5.74, 6) is 0.306. The van der Waals surface area contributed by atoms with Crippen LogP contribution in [-0.2, 0) is 7.05 Å². The van der Waals surface area contributed by atoms with Crippen molar-refractivity contribution >= 4 is 5.95 Å². The summed E-state index contributed by atoms with van der Waals surface area (Å²) in [6.45, 7) is 0. The van der Waals surface area contributed by atoms with Gasteiger partial charge in [0, 0.05) is 19.4 Å². The highest BCUT2D eigenvalue weighted by molar-refractivity contribution is 5.09. The number of hydrogen-bond donors (Lipinski definition) is 0. The molecule has 7 heavy (non-hydrogen) atoms. The molecule has 3 nitrogen and oxygen atoms in total.